The molecule has 0 unspecified atom stereocenters. The van der Waals surface area contributed by atoms with E-state index in [1.807, 2.05) is 4.72 Å². The highest BCUT2D eigenvalue weighted by Crippen LogP contribution is 2.38. The molecule has 0 atom stereocenters. The lowest BCUT2D eigenvalue weighted by Crippen LogP contribution is -2.38. The summed E-state index contributed by atoms with van der Waals surface area (Å²) in [7, 11) is -2.73. The largest absolute Gasteiger partial charge is 0.480 e. The van der Waals surface area contributed by atoms with Gasteiger partial charge < -0.3 is 10.1 Å². The number of rotatable bonds is 5. The van der Waals surface area contributed by atoms with Gasteiger partial charge in [-0.1, -0.05) is 6.07 Å². The van der Waals surface area contributed by atoms with Crippen LogP contribution in [0.15, 0.2) is 18.5 Å². The van der Waals surface area contributed by atoms with Crippen LogP contribution in [0.5, 0.6) is 5.88 Å². The maximum atomic E-state index is 12.4. The van der Waals surface area contributed by atoms with Crippen molar-refractivity contribution in [3.8, 4) is 5.88 Å². The molecule has 28 heavy (non-hydrogen) atoms. The number of carbonyl (C=O) groups is 1. The second-order valence-electron chi connectivity index (χ2n) is 6.84. The Labute approximate surface area is 163 Å². The molecule has 1 aromatic carbocycles. The van der Waals surface area contributed by atoms with E-state index in [2.05, 4.69) is 26.1 Å². The van der Waals surface area contributed by atoms with Crippen molar-refractivity contribution in [1.29, 1.82) is 0 Å². The summed E-state index contributed by atoms with van der Waals surface area (Å²) in [5.41, 5.74) is 5.54. The van der Waals surface area contributed by atoms with Crippen molar-refractivity contribution in [2.75, 3.05) is 17.1 Å². The molecule has 1 aromatic heterocycles. The standard InChI is InChI=1S/C18H21N5O4S/c1-27-16-10-19-15(9-20-16)22-28(25,26)23-18(24)21-17-13-6-2-4-11(13)8-12-5-3-7-14(12)17/h8-10H,2-7H2,1H3,(H,19,22)(H2,21,23,24). The average Bonchev–Trinajstić information content (AvgIpc) is 3.30. The first-order chi connectivity index (χ1) is 13.4. The smallest absolute Gasteiger partial charge is 0.334 e. The molecule has 2 amide bonds. The zero-order valence-corrected chi connectivity index (χ0v) is 16.2. The van der Waals surface area contributed by atoms with Crippen molar-refractivity contribution >= 4 is 27.7 Å². The molecule has 1 heterocycles. The van der Waals surface area contributed by atoms with Gasteiger partial charge in [0.1, 0.15) is 0 Å². The van der Waals surface area contributed by atoms with Gasteiger partial charge in [0.05, 0.1) is 19.5 Å². The zero-order chi connectivity index (χ0) is 19.7. The number of urea groups is 1. The number of aryl methyl sites for hydroxylation is 2. The lowest BCUT2D eigenvalue weighted by atomic mass is 9.99. The van der Waals surface area contributed by atoms with Gasteiger partial charge in [0.25, 0.3) is 0 Å². The molecule has 0 spiro atoms. The molecule has 3 N–H and O–H groups in total. The number of hydrogen-bond donors (Lipinski definition) is 3. The van der Waals surface area contributed by atoms with E-state index in [1.54, 1.807) is 0 Å². The lowest BCUT2D eigenvalue weighted by Gasteiger charge is -2.16. The molecule has 0 fully saturated rings. The van der Waals surface area contributed by atoms with Crippen molar-refractivity contribution in [2.24, 2.45) is 0 Å². The Morgan fingerprint density at radius 1 is 1.04 bits per heavy atom. The van der Waals surface area contributed by atoms with E-state index >= 15 is 0 Å². The number of methoxy groups -OCH3 is 1. The van der Waals surface area contributed by atoms with E-state index in [0.29, 0.717) is 0 Å². The molecule has 0 saturated carbocycles. The molecule has 0 radical (unpaired) electrons. The first kappa shape index (κ1) is 18.5. The molecule has 0 aliphatic heterocycles. The van der Waals surface area contributed by atoms with Gasteiger partial charge in [-0.05, 0) is 60.8 Å². The normalized spacial score (nSPS) is 14.9. The van der Waals surface area contributed by atoms with Crippen LogP contribution in [0.4, 0.5) is 16.3 Å². The van der Waals surface area contributed by atoms with E-state index in [0.717, 1.165) is 55.3 Å². The molecule has 9 nitrogen and oxygen atoms in total. The minimum atomic E-state index is -4.16. The second kappa shape index (κ2) is 7.27. The molecule has 4 rings (SSSR count). The highest BCUT2D eigenvalue weighted by atomic mass is 32.2. The molecular weight excluding hydrogens is 382 g/mol. The van der Waals surface area contributed by atoms with Crippen molar-refractivity contribution < 1.29 is 17.9 Å². The maximum absolute atomic E-state index is 12.4. The summed E-state index contributed by atoms with van der Waals surface area (Å²) in [6.45, 7) is 0. The number of aromatic nitrogens is 2. The number of amides is 2. The SMILES string of the molecule is COc1cnc(NS(=O)(=O)NC(=O)Nc2c3c(cc4c2CCC4)CCC3)cn1. The Morgan fingerprint density at radius 3 is 2.29 bits per heavy atom. The van der Waals surface area contributed by atoms with Gasteiger partial charge >= 0.3 is 16.2 Å². The Morgan fingerprint density at radius 2 is 1.71 bits per heavy atom. The topological polar surface area (TPSA) is 122 Å². The first-order valence-electron chi connectivity index (χ1n) is 9.09. The average molecular weight is 403 g/mol. The minimum Gasteiger partial charge on any atom is -0.480 e. The maximum Gasteiger partial charge on any atom is 0.334 e. The van der Waals surface area contributed by atoms with Crippen LogP contribution in [0, 0.1) is 0 Å². The van der Waals surface area contributed by atoms with E-state index in [4.69, 9.17) is 4.74 Å². The molecule has 2 aliphatic carbocycles. The second-order valence-corrected chi connectivity index (χ2v) is 8.25. The third-order valence-corrected chi connectivity index (χ3v) is 5.95. The number of ether oxygens (including phenoxy) is 1. The van der Waals surface area contributed by atoms with Gasteiger partial charge in [-0.25, -0.2) is 24.2 Å². The van der Waals surface area contributed by atoms with Gasteiger partial charge in [0, 0.05) is 5.69 Å². The summed E-state index contributed by atoms with van der Waals surface area (Å²) < 4.78 is 33.5. The van der Waals surface area contributed by atoms with Crippen molar-refractivity contribution in [2.45, 2.75) is 38.5 Å². The monoisotopic (exact) mass is 403 g/mol. The van der Waals surface area contributed by atoms with Gasteiger partial charge in [0.15, 0.2) is 5.82 Å². The fraction of sp³-hybridized carbons (Fsp3) is 0.389. The van der Waals surface area contributed by atoms with E-state index in [9.17, 15) is 13.2 Å². The third-order valence-electron chi connectivity index (χ3n) is 5.01. The van der Waals surface area contributed by atoms with Crippen molar-refractivity contribution in [3.05, 3.63) is 40.7 Å². The summed E-state index contributed by atoms with van der Waals surface area (Å²) in [6.07, 6.45) is 8.34. The minimum absolute atomic E-state index is 0.0254. The summed E-state index contributed by atoms with van der Waals surface area (Å²) in [6, 6.07) is 1.44. The van der Waals surface area contributed by atoms with Gasteiger partial charge in [0.2, 0.25) is 5.88 Å². The fourth-order valence-electron chi connectivity index (χ4n) is 3.87. The number of carbonyl (C=O) groups excluding carboxylic acids is 1. The first-order valence-corrected chi connectivity index (χ1v) is 10.6. The highest BCUT2D eigenvalue weighted by Gasteiger charge is 2.26. The number of hydrogen-bond acceptors (Lipinski definition) is 6. The van der Waals surface area contributed by atoms with Crippen molar-refractivity contribution in [1.82, 2.24) is 14.7 Å². The number of benzene rings is 1. The molecular formula is C18H21N5O4S. The number of nitrogens with one attached hydrogen (secondary N) is 3. The van der Waals surface area contributed by atoms with Crippen LogP contribution in [0.2, 0.25) is 0 Å². The highest BCUT2D eigenvalue weighted by molar-refractivity contribution is 7.91. The predicted molar refractivity (Wildman–Crippen MR) is 104 cm³/mol. The van der Waals surface area contributed by atoms with Gasteiger partial charge in [-0.2, -0.15) is 8.42 Å². The van der Waals surface area contributed by atoms with Gasteiger partial charge in [-0.3, -0.25) is 0 Å². The third kappa shape index (κ3) is 3.72. The Kier molecular flexibility index (Phi) is 4.80. The van der Waals surface area contributed by atoms with E-state index in [1.165, 1.54) is 30.6 Å². The quantitative estimate of drug-likeness (QED) is 0.701. The number of fused-ring (bicyclic) bond motifs is 2. The van der Waals surface area contributed by atoms with Crippen LogP contribution >= 0.6 is 0 Å². The van der Waals surface area contributed by atoms with E-state index < -0.39 is 16.2 Å². The fourth-order valence-corrected chi connectivity index (χ4v) is 4.59. The zero-order valence-electron chi connectivity index (χ0n) is 15.4. The summed E-state index contributed by atoms with van der Waals surface area (Å²) in [5, 5.41) is 2.78. The Balaban J connectivity index is 1.49. The molecule has 148 valence electrons. The summed E-state index contributed by atoms with van der Waals surface area (Å²) in [4.78, 5) is 20.2. The van der Waals surface area contributed by atoms with Crippen molar-refractivity contribution in [3.63, 3.8) is 0 Å². The van der Waals surface area contributed by atoms with Crippen LogP contribution in [0.1, 0.15) is 35.1 Å². The van der Waals surface area contributed by atoms with Crippen LogP contribution in [-0.2, 0) is 35.9 Å². The van der Waals surface area contributed by atoms with Crippen LogP contribution in [0.3, 0.4) is 0 Å². The van der Waals surface area contributed by atoms with Crippen LogP contribution in [0.25, 0.3) is 0 Å². The van der Waals surface area contributed by atoms with Crippen LogP contribution in [-0.4, -0.2) is 31.5 Å². The van der Waals surface area contributed by atoms with Crippen LogP contribution < -0.4 is 19.5 Å². The predicted octanol–water partition coefficient (Wildman–Crippen LogP) is 1.94. The molecule has 2 aliphatic rings. The molecule has 0 saturated heterocycles. The summed E-state index contributed by atoms with van der Waals surface area (Å²) >= 11 is 0. The van der Waals surface area contributed by atoms with Gasteiger partial charge in [-0.15, -0.1) is 0 Å². The number of nitrogens with zero attached hydrogens (tertiary/aromatic N) is 2. The number of anilines is 2. The Bertz CT molecular complexity index is 989. The molecule has 0 bridgehead atoms. The summed E-state index contributed by atoms with van der Waals surface area (Å²) in [5.74, 6) is 0.225. The lowest BCUT2D eigenvalue weighted by molar-refractivity contribution is 0.256. The molecule has 2 aromatic rings. The Hall–Kier alpha value is -2.88. The van der Waals surface area contributed by atoms with E-state index in [-0.39, 0.29) is 11.7 Å². The molecule has 10 heteroatoms.